The average molecular weight is 350 g/mol. The zero-order valence-electron chi connectivity index (χ0n) is 14.3. The standard InChI is InChI=1S/C19H21F3N2O/c1-12-8-14(10-24(9-12)13(2)11-25)15-5-6-17(19(20,21)22)18-16(15)4-3-7-23-18/h3-7,11-14H,8-10H2,1-2H3. The van der Waals surface area contributed by atoms with Crippen LogP contribution in [0.1, 0.15) is 37.3 Å². The number of aromatic nitrogens is 1. The molecule has 0 saturated carbocycles. The lowest BCUT2D eigenvalue weighted by Gasteiger charge is -2.38. The van der Waals surface area contributed by atoms with E-state index in [1.165, 1.54) is 6.20 Å². The third kappa shape index (κ3) is 3.54. The molecule has 0 N–H and O–H groups in total. The van der Waals surface area contributed by atoms with E-state index in [-0.39, 0.29) is 17.5 Å². The van der Waals surface area contributed by atoms with Gasteiger partial charge in [0.15, 0.2) is 0 Å². The van der Waals surface area contributed by atoms with Gasteiger partial charge >= 0.3 is 6.18 Å². The molecule has 1 saturated heterocycles. The molecule has 25 heavy (non-hydrogen) atoms. The summed E-state index contributed by atoms with van der Waals surface area (Å²) in [6, 6.07) is 5.91. The van der Waals surface area contributed by atoms with Crippen LogP contribution in [-0.4, -0.2) is 35.3 Å². The minimum absolute atomic E-state index is 0.000660. The van der Waals surface area contributed by atoms with Gasteiger partial charge in [0.2, 0.25) is 0 Å². The number of hydrogen-bond acceptors (Lipinski definition) is 3. The molecule has 3 atom stereocenters. The molecular formula is C19H21F3N2O. The third-order valence-electron chi connectivity index (χ3n) is 5.01. The predicted octanol–water partition coefficient (Wildman–Crippen LogP) is 4.27. The second-order valence-corrected chi connectivity index (χ2v) is 6.97. The molecule has 1 fully saturated rings. The minimum Gasteiger partial charge on any atom is -0.302 e. The van der Waals surface area contributed by atoms with Crippen molar-refractivity contribution < 1.29 is 18.0 Å². The molecule has 3 rings (SSSR count). The fourth-order valence-electron chi connectivity index (χ4n) is 3.82. The zero-order chi connectivity index (χ0) is 18.2. The SMILES string of the molecule is CC1CC(c2ccc(C(F)(F)F)c3ncccc23)CN(C(C)C=O)C1. The summed E-state index contributed by atoms with van der Waals surface area (Å²) < 4.78 is 39.8. The van der Waals surface area contributed by atoms with Crippen molar-refractivity contribution in [3.8, 4) is 0 Å². The first kappa shape index (κ1) is 17.9. The number of pyridine rings is 1. The van der Waals surface area contributed by atoms with Crippen LogP contribution in [0.2, 0.25) is 0 Å². The number of alkyl halides is 3. The Morgan fingerprint density at radius 2 is 2.04 bits per heavy atom. The summed E-state index contributed by atoms with van der Waals surface area (Å²) in [5.41, 5.74) is 0.181. The summed E-state index contributed by atoms with van der Waals surface area (Å²) in [6.45, 7) is 5.46. The molecule has 3 unspecified atom stereocenters. The maximum atomic E-state index is 13.3. The second-order valence-electron chi connectivity index (χ2n) is 6.97. The van der Waals surface area contributed by atoms with Gasteiger partial charge in [-0.2, -0.15) is 13.2 Å². The van der Waals surface area contributed by atoms with Crippen molar-refractivity contribution in [3.05, 3.63) is 41.6 Å². The van der Waals surface area contributed by atoms with Crippen LogP contribution in [0.3, 0.4) is 0 Å². The lowest BCUT2D eigenvalue weighted by molar-refractivity contribution is -0.136. The van der Waals surface area contributed by atoms with Crippen LogP contribution in [0.25, 0.3) is 10.9 Å². The third-order valence-corrected chi connectivity index (χ3v) is 5.01. The molecule has 1 aromatic heterocycles. The van der Waals surface area contributed by atoms with Gasteiger partial charge in [0.25, 0.3) is 0 Å². The highest BCUT2D eigenvalue weighted by Crippen LogP contribution is 2.39. The first-order chi connectivity index (χ1) is 11.8. The van der Waals surface area contributed by atoms with Gasteiger partial charge in [-0.05, 0) is 42.9 Å². The molecule has 134 valence electrons. The van der Waals surface area contributed by atoms with Crippen molar-refractivity contribution in [2.24, 2.45) is 5.92 Å². The molecule has 1 aliphatic heterocycles. The number of piperidine rings is 1. The van der Waals surface area contributed by atoms with Crippen molar-refractivity contribution in [3.63, 3.8) is 0 Å². The van der Waals surface area contributed by atoms with Crippen LogP contribution < -0.4 is 0 Å². The number of hydrogen-bond donors (Lipinski definition) is 0. The van der Waals surface area contributed by atoms with Crippen molar-refractivity contribution in [2.75, 3.05) is 13.1 Å². The molecule has 0 spiro atoms. The summed E-state index contributed by atoms with van der Waals surface area (Å²) in [7, 11) is 0. The molecule has 3 nitrogen and oxygen atoms in total. The topological polar surface area (TPSA) is 33.2 Å². The highest BCUT2D eigenvalue weighted by Gasteiger charge is 2.35. The van der Waals surface area contributed by atoms with Gasteiger partial charge in [0.1, 0.15) is 6.29 Å². The van der Waals surface area contributed by atoms with E-state index in [9.17, 15) is 18.0 Å². The Hall–Kier alpha value is -1.95. The van der Waals surface area contributed by atoms with Gasteiger partial charge in [0.05, 0.1) is 17.1 Å². The summed E-state index contributed by atoms with van der Waals surface area (Å²) in [5, 5.41) is 0.551. The maximum Gasteiger partial charge on any atom is 0.418 e. The molecule has 2 heterocycles. The number of fused-ring (bicyclic) bond motifs is 1. The maximum absolute atomic E-state index is 13.3. The first-order valence-corrected chi connectivity index (χ1v) is 8.45. The van der Waals surface area contributed by atoms with E-state index in [4.69, 9.17) is 0 Å². The van der Waals surface area contributed by atoms with Gasteiger partial charge in [-0.25, -0.2) is 0 Å². The van der Waals surface area contributed by atoms with Gasteiger partial charge in [0, 0.05) is 24.7 Å². The van der Waals surface area contributed by atoms with Crippen LogP contribution in [-0.2, 0) is 11.0 Å². The highest BCUT2D eigenvalue weighted by atomic mass is 19.4. The monoisotopic (exact) mass is 350 g/mol. The fraction of sp³-hybridized carbons (Fsp3) is 0.474. The number of carbonyl (C=O) groups is 1. The number of aldehydes is 1. The summed E-state index contributed by atoms with van der Waals surface area (Å²) in [5.74, 6) is 0.454. The largest absolute Gasteiger partial charge is 0.418 e. The highest BCUT2D eigenvalue weighted by molar-refractivity contribution is 5.86. The molecule has 0 aliphatic carbocycles. The van der Waals surface area contributed by atoms with E-state index in [1.54, 1.807) is 18.2 Å². The van der Waals surface area contributed by atoms with Gasteiger partial charge < -0.3 is 4.79 Å². The van der Waals surface area contributed by atoms with E-state index >= 15 is 0 Å². The summed E-state index contributed by atoms with van der Waals surface area (Å²) >= 11 is 0. The van der Waals surface area contributed by atoms with E-state index < -0.39 is 11.7 Å². The van der Waals surface area contributed by atoms with Crippen molar-refractivity contribution >= 4 is 17.2 Å². The van der Waals surface area contributed by atoms with E-state index in [0.717, 1.165) is 30.9 Å². The summed E-state index contributed by atoms with van der Waals surface area (Å²) in [4.78, 5) is 17.3. The van der Waals surface area contributed by atoms with Gasteiger partial charge in [-0.3, -0.25) is 9.88 Å². The quantitative estimate of drug-likeness (QED) is 0.775. The lowest BCUT2D eigenvalue weighted by Crippen LogP contribution is -2.44. The number of rotatable bonds is 3. The molecule has 0 bridgehead atoms. The Bertz CT molecular complexity index is 775. The number of nitrogens with zero attached hydrogens (tertiary/aromatic N) is 2. The van der Waals surface area contributed by atoms with Crippen molar-refractivity contribution in [1.29, 1.82) is 0 Å². The van der Waals surface area contributed by atoms with E-state index in [1.807, 2.05) is 6.92 Å². The van der Waals surface area contributed by atoms with Crippen LogP contribution in [0, 0.1) is 5.92 Å². The molecule has 0 amide bonds. The molecule has 1 aliphatic rings. The average Bonchev–Trinajstić information content (AvgIpc) is 2.58. The van der Waals surface area contributed by atoms with E-state index in [0.29, 0.717) is 17.8 Å². The Morgan fingerprint density at radius 1 is 1.28 bits per heavy atom. The Kier molecular flexibility index (Phi) is 4.82. The fourth-order valence-corrected chi connectivity index (χ4v) is 3.82. The molecule has 2 aromatic rings. The van der Waals surface area contributed by atoms with Crippen molar-refractivity contribution in [1.82, 2.24) is 9.88 Å². The number of carbonyl (C=O) groups excluding carboxylic acids is 1. The zero-order valence-corrected chi connectivity index (χ0v) is 14.3. The molecule has 0 radical (unpaired) electrons. The Balaban J connectivity index is 2.05. The summed E-state index contributed by atoms with van der Waals surface area (Å²) in [6.07, 6.45) is -1.23. The second kappa shape index (κ2) is 6.75. The predicted molar refractivity (Wildman–Crippen MR) is 90.4 cm³/mol. The van der Waals surface area contributed by atoms with Crippen LogP contribution in [0.15, 0.2) is 30.5 Å². The molecular weight excluding hydrogens is 329 g/mol. The lowest BCUT2D eigenvalue weighted by atomic mass is 9.82. The molecule has 1 aromatic carbocycles. The number of likely N-dealkylation sites (tertiary alicyclic amines) is 1. The van der Waals surface area contributed by atoms with Crippen LogP contribution >= 0.6 is 0 Å². The van der Waals surface area contributed by atoms with Crippen molar-refractivity contribution in [2.45, 2.75) is 38.4 Å². The Morgan fingerprint density at radius 3 is 2.72 bits per heavy atom. The van der Waals surface area contributed by atoms with Crippen LogP contribution in [0.4, 0.5) is 13.2 Å². The normalized spacial score (nSPS) is 23.6. The number of benzene rings is 1. The number of halogens is 3. The van der Waals surface area contributed by atoms with Crippen LogP contribution in [0.5, 0.6) is 0 Å². The first-order valence-electron chi connectivity index (χ1n) is 8.45. The smallest absolute Gasteiger partial charge is 0.302 e. The van der Waals surface area contributed by atoms with Gasteiger partial charge in [-0.15, -0.1) is 0 Å². The minimum atomic E-state index is -4.43. The Labute approximate surface area is 144 Å². The van der Waals surface area contributed by atoms with Gasteiger partial charge in [-0.1, -0.05) is 19.1 Å². The van der Waals surface area contributed by atoms with E-state index in [2.05, 4.69) is 16.8 Å². The molecule has 6 heteroatoms.